The average Bonchev–Trinajstić information content (AvgIpc) is 3.24. The van der Waals surface area contributed by atoms with Gasteiger partial charge in [-0.15, -0.1) is 0 Å². The number of nitrogens with zero attached hydrogens (tertiary/aromatic N) is 2. The highest BCUT2D eigenvalue weighted by Crippen LogP contribution is 2.32. The average molecular weight is 363 g/mol. The first-order valence-electron chi connectivity index (χ1n) is 8.95. The molecule has 138 valence electrons. The van der Waals surface area contributed by atoms with Gasteiger partial charge in [0.25, 0.3) is 0 Å². The zero-order valence-corrected chi connectivity index (χ0v) is 15.4. The zero-order valence-electron chi connectivity index (χ0n) is 15.4. The van der Waals surface area contributed by atoms with Gasteiger partial charge in [0.1, 0.15) is 0 Å². The molecule has 1 aliphatic rings. The normalized spacial score (nSPS) is 12.8. The summed E-state index contributed by atoms with van der Waals surface area (Å²) in [6.45, 7) is 5.30. The van der Waals surface area contributed by atoms with Gasteiger partial charge in [0, 0.05) is 28.7 Å². The summed E-state index contributed by atoms with van der Waals surface area (Å²) in [6.07, 6.45) is 1.95. The summed E-state index contributed by atoms with van der Waals surface area (Å²) in [5.41, 5.74) is 6.80. The first-order valence-corrected chi connectivity index (χ1v) is 8.95. The SMILES string of the molecule is CCn1c(C)c(/C=N/NC(=O)Cc2ccc3c(c2)OCO3)c2ccccc21. The molecule has 0 aliphatic carbocycles. The summed E-state index contributed by atoms with van der Waals surface area (Å²) in [7, 11) is 0. The summed E-state index contributed by atoms with van der Waals surface area (Å²) >= 11 is 0. The number of carbonyl (C=O) groups excluding carboxylic acids is 1. The molecule has 0 spiro atoms. The Kier molecular flexibility index (Phi) is 4.54. The van der Waals surface area contributed by atoms with Crippen LogP contribution in [0.3, 0.4) is 0 Å². The van der Waals surface area contributed by atoms with Crippen molar-refractivity contribution in [3.8, 4) is 11.5 Å². The second-order valence-electron chi connectivity index (χ2n) is 6.42. The van der Waals surface area contributed by atoms with Crippen LogP contribution in [0.5, 0.6) is 11.5 Å². The van der Waals surface area contributed by atoms with E-state index in [9.17, 15) is 4.79 Å². The Hall–Kier alpha value is -3.28. The first-order chi connectivity index (χ1) is 13.2. The molecule has 1 amide bonds. The van der Waals surface area contributed by atoms with Crippen molar-refractivity contribution in [3.63, 3.8) is 0 Å². The van der Waals surface area contributed by atoms with Crippen LogP contribution in [0.1, 0.15) is 23.7 Å². The predicted octanol–water partition coefficient (Wildman–Crippen LogP) is 3.39. The molecule has 0 fully saturated rings. The lowest BCUT2D eigenvalue weighted by Gasteiger charge is -2.03. The van der Waals surface area contributed by atoms with Gasteiger partial charge in [-0.3, -0.25) is 4.79 Å². The van der Waals surface area contributed by atoms with E-state index < -0.39 is 0 Å². The highest BCUT2D eigenvalue weighted by molar-refractivity contribution is 6.01. The minimum absolute atomic E-state index is 0.179. The van der Waals surface area contributed by atoms with Crippen molar-refractivity contribution in [1.29, 1.82) is 0 Å². The highest BCUT2D eigenvalue weighted by atomic mass is 16.7. The molecule has 0 unspecified atom stereocenters. The maximum atomic E-state index is 12.2. The summed E-state index contributed by atoms with van der Waals surface area (Å²) in [4.78, 5) is 12.2. The van der Waals surface area contributed by atoms with Crippen LogP contribution in [-0.4, -0.2) is 23.5 Å². The molecule has 27 heavy (non-hydrogen) atoms. The molecule has 2 aromatic carbocycles. The number of hydrogen-bond donors (Lipinski definition) is 1. The molecule has 0 radical (unpaired) electrons. The van der Waals surface area contributed by atoms with E-state index >= 15 is 0 Å². The van der Waals surface area contributed by atoms with Crippen molar-refractivity contribution in [1.82, 2.24) is 9.99 Å². The third-order valence-corrected chi connectivity index (χ3v) is 4.78. The van der Waals surface area contributed by atoms with E-state index in [1.807, 2.05) is 30.3 Å². The third kappa shape index (κ3) is 3.26. The van der Waals surface area contributed by atoms with Crippen LogP contribution in [0.15, 0.2) is 47.6 Å². The van der Waals surface area contributed by atoms with Crippen LogP contribution in [0.4, 0.5) is 0 Å². The fourth-order valence-electron chi connectivity index (χ4n) is 3.47. The number of fused-ring (bicyclic) bond motifs is 2. The number of benzene rings is 2. The number of rotatable bonds is 5. The quantitative estimate of drug-likeness (QED) is 0.558. The van der Waals surface area contributed by atoms with Crippen molar-refractivity contribution >= 4 is 23.0 Å². The summed E-state index contributed by atoms with van der Waals surface area (Å²) in [6, 6.07) is 13.7. The number of aromatic nitrogens is 1. The van der Waals surface area contributed by atoms with Crippen molar-refractivity contribution in [2.24, 2.45) is 5.10 Å². The summed E-state index contributed by atoms with van der Waals surface area (Å²) < 4.78 is 12.9. The summed E-state index contributed by atoms with van der Waals surface area (Å²) in [5, 5.41) is 5.31. The first kappa shape index (κ1) is 17.1. The zero-order chi connectivity index (χ0) is 18.8. The molecule has 4 rings (SSSR count). The predicted molar refractivity (Wildman–Crippen MR) is 104 cm³/mol. The maximum Gasteiger partial charge on any atom is 0.244 e. The molecular weight excluding hydrogens is 342 g/mol. The molecule has 0 saturated heterocycles. The lowest BCUT2D eigenvalue weighted by atomic mass is 10.1. The van der Waals surface area contributed by atoms with Gasteiger partial charge in [0.15, 0.2) is 11.5 Å². The minimum Gasteiger partial charge on any atom is -0.454 e. The van der Waals surface area contributed by atoms with Gasteiger partial charge in [-0.05, 0) is 37.6 Å². The Bertz CT molecular complexity index is 1040. The van der Waals surface area contributed by atoms with Crippen LogP contribution < -0.4 is 14.9 Å². The Morgan fingerprint density at radius 1 is 1.22 bits per heavy atom. The molecule has 6 heteroatoms. The number of amides is 1. The largest absolute Gasteiger partial charge is 0.454 e. The van der Waals surface area contributed by atoms with Gasteiger partial charge < -0.3 is 14.0 Å². The lowest BCUT2D eigenvalue weighted by molar-refractivity contribution is -0.120. The van der Waals surface area contributed by atoms with Crippen molar-refractivity contribution in [2.45, 2.75) is 26.8 Å². The molecular formula is C21H21N3O3. The molecule has 0 atom stereocenters. The Balaban J connectivity index is 1.47. The van der Waals surface area contributed by atoms with E-state index in [0.717, 1.165) is 28.8 Å². The fraction of sp³-hybridized carbons (Fsp3) is 0.238. The number of hydrogen-bond acceptors (Lipinski definition) is 4. The van der Waals surface area contributed by atoms with Gasteiger partial charge in [-0.25, -0.2) is 5.43 Å². The molecule has 2 heterocycles. The highest BCUT2D eigenvalue weighted by Gasteiger charge is 2.14. The monoisotopic (exact) mass is 363 g/mol. The van der Waals surface area contributed by atoms with Crippen LogP contribution in [-0.2, 0) is 17.8 Å². The molecule has 0 saturated carbocycles. The molecule has 1 N–H and O–H groups in total. The number of ether oxygens (including phenoxy) is 2. The maximum absolute atomic E-state index is 12.2. The minimum atomic E-state index is -0.179. The summed E-state index contributed by atoms with van der Waals surface area (Å²) in [5.74, 6) is 1.20. The van der Waals surface area contributed by atoms with Gasteiger partial charge in [-0.2, -0.15) is 5.10 Å². The van der Waals surface area contributed by atoms with Crippen LogP contribution in [0.2, 0.25) is 0 Å². The molecule has 0 bridgehead atoms. The topological polar surface area (TPSA) is 64.9 Å². The van der Waals surface area contributed by atoms with Gasteiger partial charge in [-0.1, -0.05) is 24.3 Å². The van der Waals surface area contributed by atoms with Gasteiger partial charge in [0.2, 0.25) is 12.7 Å². The molecule has 6 nitrogen and oxygen atoms in total. The van der Waals surface area contributed by atoms with Crippen LogP contribution in [0.25, 0.3) is 10.9 Å². The van der Waals surface area contributed by atoms with E-state index in [1.54, 1.807) is 6.21 Å². The van der Waals surface area contributed by atoms with E-state index in [-0.39, 0.29) is 19.1 Å². The van der Waals surface area contributed by atoms with E-state index in [0.29, 0.717) is 11.5 Å². The smallest absolute Gasteiger partial charge is 0.244 e. The number of nitrogens with one attached hydrogen (secondary N) is 1. The Morgan fingerprint density at radius 2 is 2.04 bits per heavy atom. The standard InChI is InChI=1S/C21H21N3O3/c1-3-24-14(2)17(16-6-4-5-7-18(16)24)12-22-23-21(25)11-15-8-9-19-20(10-15)27-13-26-19/h4-10,12H,3,11,13H2,1-2H3,(H,23,25)/b22-12+. The van der Waals surface area contributed by atoms with Crippen LogP contribution >= 0.6 is 0 Å². The van der Waals surface area contributed by atoms with E-state index in [2.05, 4.69) is 41.1 Å². The third-order valence-electron chi connectivity index (χ3n) is 4.78. The Morgan fingerprint density at radius 3 is 2.89 bits per heavy atom. The van der Waals surface area contributed by atoms with Crippen molar-refractivity contribution < 1.29 is 14.3 Å². The molecule has 3 aromatic rings. The Labute approximate surface area is 157 Å². The number of aryl methyl sites for hydroxylation is 1. The van der Waals surface area contributed by atoms with E-state index in [4.69, 9.17) is 9.47 Å². The van der Waals surface area contributed by atoms with Crippen molar-refractivity contribution in [2.75, 3.05) is 6.79 Å². The lowest BCUT2D eigenvalue weighted by Crippen LogP contribution is -2.19. The second-order valence-corrected chi connectivity index (χ2v) is 6.42. The van der Waals surface area contributed by atoms with Crippen LogP contribution in [0, 0.1) is 6.92 Å². The van der Waals surface area contributed by atoms with E-state index in [1.165, 1.54) is 5.52 Å². The number of hydrazone groups is 1. The van der Waals surface area contributed by atoms with Gasteiger partial charge >= 0.3 is 0 Å². The number of para-hydroxylation sites is 1. The van der Waals surface area contributed by atoms with Crippen molar-refractivity contribution in [3.05, 3.63) is 59.3 Å². The van der Waals surface area contributed by atoms with Gasteiger partial charge in [0.05, 0.1) is 12.6 Å². The fourth-order valence-corrected chi connectivity index (χ4v) is 3.47. The number of carbonyl (C=O) groups is 1. The second kappa shape index (κ2) is 7.15. The molecule has 1 aliphatic heterocycles. The molecule has 1 aromatic heterocycles.